The molecule has 0 radical (unpaired) electrons. The highest BCUT2D eigenvalue weighted by Gasteiger charge is 2.21. The van der Waals surface area contributed by atoms with Gasteiger partial charge in [-0.15, -0.1) is 0 Å². The SMILES string of the molecule is Cc1ccc(N2CCCNCC2CC#N)cc1Br. The smallest absolute Gasteiger partial charge is 0.0643 e. The van der Waals surface area contributed by atoms with Crippen molar-refractivity contribution < 1.29 is 0 Å². The van der Waals surface area contributed by atoms with Gasteiger partial charge in [0, 0.05) is 23.2 Å². The number of nitrogens with one attached hydrogen (secondary N) is 1. The Morgan fingerprint density at radius 3 is 3.11 bits per heavy atom. The first-order valence-corrected chi connectivity index (χ1v) is 7.12. The highest BCUT2D eigenvalue weighted by molar-refractivity contribution is 9.10. The normalized spacial score (nSPS) is 20.3. The van der Waals surface area contributed by atoms with E-state index in [-0.39, 0.29) is 6.04 Å². The molecule has 0 aromatic heterocycles. The number of hydrogen-bond acceptors (Lipinski definition) is 3. The average Bonchev–Trinajstić information content (AvgIpc) is 2.59. The Labute approximate surface area is 117 Å². The van der Waals surface area contributed by atoms with Gasteiger partial charge < -0.3 is 10.2 Å². The van der Waals surface area contributed by atoms with E-state index in [0.717, 1.165) is 30.5 Å². The van der Waals surface area contributed by atoms with E-state index < -0.39 is 0 Å². The van der Waals surface area contributed by atoms with Crippen molar-refractivity contribution in [3.63, 3.8) is 0 Å². The largest absolute Gasteiger partial charge is 0.366 e. The van der Waals surface area contributed by atoms with Gasteiger partial charge in [0.05, 0.1) is 18.5 Å². The van der Waals surface area contributed by atoms with Crippen LogP contribution in [0.1, 0.15) is 18.4 Å². The van der Waals surface area contributed by atoms with E-state index in [0.29, 0.717) is 6.42 Å². The topological polar surface area (TPSA) is 39.1 Å². The van der Waals surface area contributed by atoms with Crippen LogP contribution in [-0.2, 0) is 0 Å². The number of hydrogen-bond donors (Lipinski definition) is 1. The second-order valence-corrected chi connectivity index (χ2v) is 5.55. The number of halogens is 1. The summed E-state index contributed by atoms with van der Waals surface area (Å²) in [5, 5.41) is 12.4. The molecule has 0 amide bonds. The second kappa shape index (κ2) is 6.21. The third-order valence-corrected chi connectivity index (χ3v) is 4.24. The zero-order chi connectivity index (χ0) is 13.0. The molecule has 1 atom stereocenters. The van der Waals surface area contributed by atoms with Crippen molar-refractivity contribution >= 4 is 21.6 Å². The molecule has 0 spiro atoms. The molecule has 0 aliphatic carbocycles. The minimum Gasteiger partial charge on any atom is -0.366 e. The lowest BCUT2D eigenvalue weighted by Crippen LogP contribution is -2.39. The second-order valence-electron chi connectivity index (χ2n) is 4.70. The molecule has 18 heavy (non-hydrogen) atoms. The Bertz CT molecular complexity index is 453. The van der Waals surface area contributed by atoms with Crippen molar-refractivity contribution in [2.75, 3.05) is 24.5 Å². The molecule has 1 saturated heterocycles. The molecule has 96 valence electrons. The summed E-state index contributed by atoms with van der Waals surface area (Å²) >= 11 is 3.58. The molecule has 3 nitrogen and oxygen atoms in total. The monoisotopic (exact) mass is 307 g/mol. The van der Waals surface area contributed by atoms with Crippen LogP contribution in [0.15, 0.2) is 22.7 Å². The summed E-state index contributed by atoms with van der Waals surface area (Å²) in [6, 6.07) is 9.00. The number of anilines is 1. The van der Waals surface area contributed by atoms with Gasteiger partial charge in [0.25, 0.3) is 0 Å². The van der Waals surface area contributed by atoms with Gasteiger partial charge >= 0.3 is 0 Å². The minimum absolute atomic E-state index is 0.270. The van der Waals surface area contributed by atoms with E-state index in [1.165, 1.54) is 11.3 Å². The number of aryl methyl sites for hydroxylation is 1. The lowest BCUT2D eigenvalue weighted by molar-refractivity contribution is 0.597. The summed E-state index contributed by atoms with van der Waals surface area (Å²) in [7, 11) is 0. The Kier molecular flexibility index (Phi) is 4.62. The van der Waals surface area contributed by atoms with Crippen LogP contribution in [-0.4, -0.2) is 25.7 Å². The third-order valence-electron chi connectivity index (χ3n) is 3.39. The lowest BCUT2D eigenvalue weighted by Gasteiger charge is -2.30. The molecule has 2 rings (SSSR count). The van der Waals surface area contributed by atoms with Crippen LogP contribution in [0, 0.1) is 18.3 Å². The Morgan fingerprint density at radius 2 is 2.39 bits per heavy atom. The summed E-state index contributed by atoms with van der Waals surface area (Å²) in [6.07, 6.45) is 1.69. The summed E-state index contributed by atoms with van der Waals surface area (Å²) in [4.78, 5) is 2.35. The summed E-state index contributed by atoms with van der Waals surface area (Å²) < 4.78 is 1.13. The van der Waals surface area contributed by atoms with Crippen molar-refractivity contribution in [1.29, 1.82) is 5.26 Å². The fourth-order valence-corrected chi connectivity index (χ4v) is 2.69. The van der Waals surface area contributed by atoms with Gasteiger partial charge in [-0.1, -0.05) is 22.0 Å². The first kappa shape index (κ1) is 13.4. The van der Waals surface area contributed by atoms with E-state index in [9.17, 15) is 0 Å². The van der Waals surface area contributed by atoms with Gasteiger partial charge in [0.15, 0.2) is 0 Å². The van der Waals surface area contributed by atoms with Crippen LogP contribution in [0.3, 0.4) is 0 Å². The predicted molar refractivity (Wildman–Crippen MR) is 77.7 cm³/mol. The molecule has 1 aliphatic heterocycles. The maximum atomic E-state index is 8.96. The quantitative estimate of drug-likeness (QED) is 0.913. The van der Waals surface area contributed by atoms with E-state index in [4.69, 9.17) is 5.26 Å². The molecular formula is C14H18BrN3. The molecule has 1 heterocycles. The van der Waals surface area contributed by atoms with Crippen LogP contribution >= 0.6 is 15.9 Å². The van der Waals surface area contributed by atoms with Crippen molar-refractivity contribution in [3.8, 4) is 6.07 Å². The lowest BCUT2D eigenvalue weighted by atomic mass is 10.1. The van der Waals surface area contributed by atoms with Crippen LogP contribution in [0.2, 0.25) is 0 Å². The molecule has 0 saturated carbocycles. The number of rotatable bonds is 2. The highest BCUT2D eigenvalue weighted by atomic mass is 79.9. The third kappa shape index (κ3) is 3.04. The molecule has 1 N–H and O–H groups in total. The minimum atomic E-state index is 0.270. The summed E-state index contributed by atoms with van der Waals surface area (Å²) in [5.41, 5.74) is 2.44. The van der Waals surface area contributed by atoms with Crippen LogP contribution < -0.4 is 10.2 Å². The summed E-state index contributed by atoms with van der Waals surface area (Å²) in [6.45, 7) is 5.02. The van der Waals surface area contributed by atoms with Gasteiger partial charge in [-0.3, -0.25) is 0 Å². The van der Waals surface area contributed by atoms with Crippen molar-refractivity contribution in [1.82, 2.24) is 5.32 Å². The average molecular weight is 308 g/mol. The molecule has 1 aliphatic rings. The number of nitriles is 1. The molecule has 1 aromatic rings. The van der Waals surface area contributed by atoms with Crippen LogP contribution in [0.25, 0.3) is 0 Å². The Hall–Kier alpha value is -1.05. The standard InChI is InChI=1S/C14H18BrN3/c1-11-3-4-12(9-14(11)15)18-8-2-7-17-10-13(18)5-6-16/h3-4,9,13,17H,2,5,7-8,10H2,1H3. The van der Waals surface area contributed by atoms with E-state index >= 15 is 0 Å². The van der Waals surface area contributed by atoms with Gasteiger partial charge in [-0.2, -0.15) is 5.26 Å². The van der Waals surface area contributed by atoms with E-state index in [1.54, 1.807) is 0 Å². The molecule has 1 aromatic carbocycles. The number of nitrogens with zero attached hydrogens (tertiary/aromatic N) is 2. The Morgan fingerprint density at radius 1 is 1.56 bits per heavy atom. The number of benzene rings is 1. The molecule has 4 heteroatoms. The van der Waals surface area contributed by atoms with Crippen LogP contribution in [0.4, 0.5) is 5.69 Å². The van der Waals surface area contributed by atoms with Gasteiger partial charge in [0.1, 0.15) is 0 Å². The highest BCUT2D eigenvalue weighted by Crippen LogP contribution is 2.26. The molecular weight excluding hydrogens is 290 g/mol. The fraction of sp³-hybridized carbons (Fsp3) is 0.500. The zero-order valence-corrected chi connectivity index (χ0v) is 12.2. The first-order chi connectivity index (χ1) is 8.72. The van der Waals surface area contributed by atoms with Crippen molar-refractivity contribution in [2.45, 2.75) is 25.8 Å². The van der Waals surface area contributed by atoms with E-state index in [1.807, 2.05) is 0 Å². The zero-order valence-electron chi connectivity index (χ0n) is 10.6. The molecule has 1 unspecified atom stereocenters. The van der Waals surface area contributed by atoms with Gasteiger partial charge in [-0.25, -0.2) is 0 Å². The maximum absolute atomic E-state index is 8.96. The van der Waals surface area contributed by atoms with Crippen molar-refractivity contribution in [3.05, 3.63) is 28.2 Å². The van der Waals surface area contributed by atoms with Crippen molar-refractivity contribution in [2.24, 2.45) is 0 Å². The predicted octanol–water partition coefficient (Wildman–Crippen LogP) is 2.84. The maximum Gasteiger partial charge on any atom is 0.0643 e. The van der Waals surface area contributed by atoms with Gasteiger partial charge in [-0.05, 0) is 37.6 Å². The molecule has 0 bridgehead atoms. The van der Waals surface area contributed by atoms with Gasteiger partial charge in [0.2, 0.25) is 0 Å². The summed E-state index contributed by atoms with van der Waals surface area (Å²) in [5.74, 6) is 0. The molecule has 1 fully saturated rings. The van der Waals surface area contributed by atoms with Crippen LogP contribution in [0.5, 0.6) is 0 Å². The fourth-order valence-electron chi connectivity index (χ4n) is 2.32. The Balaban J connectivity index is 2.26. The first-order valence-electron chi connectivity index (χ1n) is 6.33. The van der Waals surface area contributed by atoms with E-state index in [2.05, 4.69) is 57.3 Å².